The number of anilines is 1. The molecule has 0 aliphatic rings. The van der Waals surface area contributed by atoms with Crippen LogP contribution in [-0.4, -0.2) is 31.2 Å². The van der Waals surface area contributed by atoms with Crippen molar-refractivity contribution in [2.24, 2.45) is 0 Å². The molecule has 0 unspecified atom stereocenters. The minimum Gasteiger partial charge on any atom is -0.398 e. The molecule has 0 heterocycles. The van der Waals surface area contributed by atoms with E-state index in [0.29, 0.717) is 6.04 Å². The second kappa shape index (κ2) is 6.84. The summed E-state index contributed by atoms with van der Waals surface area (Å²) in [6.45, 7) is 6.74. The van der Waals surface area contributed by atoms with Gasteiger partial charge < -0.3 is 10.5 Å². The van der Waals surface area contributed by atoms with E-state index in [2.05, 4.69) is 18.7 Å². The highest BCUT2D eigenvalue weighted by atomic mass is 35.5. The number of nitrogens with zero attached hydrogens (tertiary/aromatic N) is 1. The first-order chi connectivity index (χ1) is 8.04. The van der Waals surface area contributed by atoms with Gasteiger partial charge in [-0.05, 0) is 37.6 Å². The van der Waals surface area contributed by atoms with Gasteiger partial charge in [0.2, 0.25) is 0 Å². The Morgan fingerprint density at radius 2 is 2.12 bits per heavy atom. The number of methoxy groups -OCH3 is 1. The van der Waals surface area contributed by atoms with Crippen molar-refractivity contribution in [1.82, 2.24) is 4.90 Å². The number of benzene rings is 1. The van der Waals surface area contributed by atoms with Crippen LogP contribution in [0, 0.1) is 0 Å². The monoisotopic (exact) mass is 256 g/mol. The van der Waals surface area contributed by atoms with Gasteiger partial charge in [-0.1, -0.05) is 11.6 Å². The summed E-state index contributed by atoms with van der Waals surface area (Å²) >= 11 is 5.99. The van der Waals surface area contributed by atoms with Crippen molar-refractivity contribution < 1.29 is 4.74 Å². The smallest absolute Gasteiger partial charge is 0.0589 e. The second-order valence-corrected chi connectivity index (χ2v) is 4.84. The van der Waals surface area contributed by atoms with E-state index < -0.39 is 0 Å². The Balaban J connectivity index is 2.74. The summed E-state index contributed by atoms with van der Waals surface area (Å²) in [5.74, 6) is 0. The molecule has 1 aromatic carbocycles. The minimum atomic E-state index is 0.448. The van der Waals surface area contributed by atoms with Crippen LogP contribution in [0.1, 0.15) is 19.4 Å². The lowest BCUT2D eigenvalue weighted by molar-refractivity contribution is 0.125. The Morgan fingerprint density at radius 3 is 2.71 bits per heavy atom. The van der Waals surface area contributed by atoms with Crippen molar-refractivity contribution in [3.8, 4) is 0 Å². The van der Waals surface area contributed by atoms with E-state index in [1.54, 1.807) is 7.11 Å². The summed E-state index contributed by atoms with van der Waals surface area (Å²) < 4.78 is 5.12. The van der Waals surface area contributed by atoms with Gasteiger partial charge in [-0.2, -0.15) is 0 Å². The quantitative estimate of drug-likeness (QED) is 0.796. The van der Waals surface area contributed by atoms with Crippen LogP contribution in [-0.2, 0) is 11.3 Å². The molecule has 1 aromatic rings. The van der Waals surface area contributed by atoms with Gasteiger partial charge in [0.15, 0.2) is 0 Å². The van der Waals surface area contributed by atoms with Crippen LogP contribution in [0.3, 0.4) is 0 Å². The number of nitrogens with two attached hydrogens (primary N) is 1. The molecule has 17 heavy (non-hydrogen) atoms. The molecular weight excluding hydrogens is 236 g/mol. The Labute approximate surface area is 109 Å². The van der Waals surface area contributed by atoms with Crippen molar-refractivity contribution in [3.63, 3.8) is 0 Å². The average Bonchev–Trinajstić information content (AvgIpc) is 2.28. The molecule has 0 saturated carbocycles. The van der Waals surface area contributed by atoms with Crippen molar-refractivity contribution >= 4 is 17.3 Å². The maximum atomic E-state index is 5.99. The topological polar surface area (TPSA) is 38.5 Å². The fourth-order valence-electron chi connectivity index (χ4n) is 1.66. The average molecular weight is 257 g/mol. The molecule has 4 heteroatoms. The maximum absolute atomic E-state index is 5.99. The van der Waals surface area contributed by atoms with Gasteiger partial charge in [0.05, 0.1) is 6.61 Å². The predicted octanol–water partition coefficient (Wildman–Crippen LogP) is 2.78. The Hall–Kier alpha value is -0.770. The first kappa shape index (κ1) is 14.3. The highest BCUT2D eigenvalue weighted by Crippen LogP contribution is 2.20. The van der Waals surface area contributed by atoms with Gasteiger partial charge >= 0.3 is 0 Å². The molecule has 0 atom stereocenters. The lowest BCUT2D eigenvalue weighted by atomic mass is 10.1. The van der Waals surface area contributed by atoms with Crippen LogP contribution >= 0.6 is 11.6 Å². The van der Waals surface area contributed by atoms with Crippen molar-refractivity contribution in [1.29, 1.82) is 0 Å². The van der Waals surface area contributed by atoms with Gasteiger partial charge in [0, 0.05) is 37.0 Å². The third-order valence-corrected chi connectivity index (χ3v) is 3.03. The highest BCUT2D eigenvalue weighted by Gasteiger charge is 2.11. The van der Waals surface area contributed by atoms with E-state index in [1.165, 1.54) is 0 Å². The van der Waals surface area contributed by atoms with Crippen LogP contribution in [0.25, 0.3) is 0 Å². The standard InChI is InChI=1S/C13H21ClN2O/c1-10(2)16(6-7-17-3)9-11-8-12(14)4-5-13(11)15/h4-5,8,10H,6-7,9,15H2,1-3H3. The molecule has 0 aromatic heterocycles. The van der Waals surface area contributed by atoms with Crippen molar-refractivity contribution in [2.75, 3.05) is 26.0 Å². The molecule has 0 radical (unpaired) electrons. The number of rotatable bonds is 6. The SMILES string of the molecule is COCCN(Cc1cc(Cl)ccc1N)C(C)C. The highest BCUT2D eigenvalue weighted by molar-refractivity contribution is 6.30. The first-order valence-electron chi connectivity index (χ1n) is 5.81. The molecule has 96 valence electrons. The summed E-state index contributed by atoms with van der Waals surface area (Å²) in [7, 11) is 1.71. The largest absolute Gasteiger partial charge is 0.398 e. The van der Waals surface area contributed by atoms with E-state index in [9.17, 15) is 0 Å². The van der Waals surface area contributed by atoms with Gasteiger partial charge in [-0.3, -0.25) is 4.90 Å². The zero-order chi connectivity index (χ0) is 12.8. The summed E-state index contributed by atoms with van der Waals surface area (Å²) in [5.41, 5.74) is 7.81. The Kier molecular flexibility index (Phi) is 5.75. The number of nitrogen functional groups attached to an aromatic ring is 1. The van der Waals surface area contributed by atoms with Crippen LogP contribution < -0.4 is 5.73 Å². The number of ether oxygens (including phenoxy) is 1. The normalized spacial score (nSPS) is 11.4. The predicted molar refractivity (Wildman–Crippen MR) is 73.3 cm³/mol. The lowest BCUT2D eigenvalue weighted by Gasteiger charge is -2.26. The molecule has 0 aliphatic carbocycles. The van der Waals surface area contributed by atoms with Gasteiger partial charge in [0.1, 0.15) is 0 Å². The van der Waals surface area contributed by atoms with E-state index in [4.69, 9.17) is 22.1 Å². The molecule has 1 rings (SSSR count). The molecule has 0 bridgehead atoms. The van der Waals surface area contributed by atoms with E-state index in [1.807, 2.05) is 18.2 Å². The molecule has 2 N–H and O–H groups in total. The maximum Gasteiger partial charge on any atom is 0.0589 e. The summed E-state index contributed by atoms with van der Waals surface area (Å²) in [4.78, 5) is 2.31. The van der Waals surface area contributed by atoms with Crippen LogP contribution in [0.2, 0.25) is 5.02 Å². The Bertz CT molecular complexity index is 355. The van der Waals surface area contributed by atoms with Crippen LogP contribution in [0.15, 0.2) is 18.2 Å². The van der Waals surface area contributed by atoms with Crippen molar-refractivity contribution in [3.05, 3.63) is 28.8 Å². The fourth-order valence-corrected chi connectivity index (χ4v) is 1.85. The molecule has 0 aliphatic heterocycles. The lowest BCUT2D eigenvalue weighted by Crippen LogP contribution is -2.33. The van der Waals surface area contributed by atoms with E-state index in [-0.39, 0.29) is 0 Å². The molecule has 0 spiro atoms. The van der Waals surface area contributed by atoms with Crippen LogP contribution in [0.5, 0.6) is 0 Å². The minimum absolute atomic E-state index is 0.448. The molecule has 0 amide bonds. The first-order valence-corrected chi connectivity index (χ1v) is 6.19. The van der Waals surface area contributed by atoms with Crippen molar-refractivity contribution in [2.45, 2.75) is 26.4 Å². The van der Waals surface area contributed by atoms with Gasteiger partial charge in [-0.25, -0.2) is 0 Å². The molecule has 0 saturated heterocycles. The second-order valence-electron chi connectivity index (χ2n) is 4.40. The molecule has 0 fully saturated rings. The van der Waals surface area contributed by atoms with E-state index in [0.717, 1.165) is 36.0 Å². The number of hydrogen-bond donors (Lipinski definition) is 1. The Morgan fingerprint density at radius 1 is 1.41 bits per heavy atom. The summed E-state index contributed by atoms with van der Waals surface area (Å²) in [6.07, 6.45) is 0. The third kappa shape index (κ3) is 4.54. The third-order valence-electron chi connectivity index (χ3n) is 2.79. The fraction of sp³-hybridized carbons (Fsp3) is 0.538. The van der Waals surface area contributed by atoms with Crippen LogP contribution in [0.4, 0.5) is 5.69 Å². The zero-order valence-corrected chi connectivity index (χ0v) is 11.5. The molecular formula is C13H21ClN2O. The van der Waals surface area contributed by atoms with Gasteiger partial charge in [-0.15, -0.1) is 0 Å². The van der Waals surface area contributed by atoms with Gasteiger partial charge in [0.25, 0.3) is 0 Å². The number of hydrogen-bond acceptors (Lipinski definition) is 3. The van der Waals surface area contributed by atoms with E-state index >= 15 is 0 Å². The molecule has 3 nitrogen and oxygen atoms in total. The summed E-state index contributed by atoms with van der Waals surface area (Å²) in [6, 6.07) is 6.05. The number of halogens is 1. The zero-order valence-electron chi connectivity index (χ0n) is 10.7. The summed E-state index contributed by atoms with van der Waals surface area (Å²) in [5, 5.41) is 0.727.